The van der Waals surface area contributed by atoms with Crippen LogP contribution in [-0.2, 0) is 0 Å². The van der Waals surface area contributed by atoms with Gasteiger partial charge in [0.25, 0.3) is 0 Å². The molecule has 22 heavy (non-hydrogen) atoms. The summed E-state index contributed by atoms with van der Waals surface area (Å²) in [6.45, 7) is 12.9. The molecule has 1 fully saturated rings. The van der Waals surface area contributed by atoms with Gasteiger partial charge in [0.1, 0.15) is 0 Å². The highest BCUT2D eigenvalue weighted by Crippen LogP contribution is 2.19. The van der Waals surface area contributed by atoms with Gasteiger partial charge in [0.15, 0.2) is 0 Å². The Labute approximate surface area is 134 Å². The van der Waals surface area contributed by atoms with E-state index in [1.54, 1.807) is 0 Å². The third kappa shape index (κ3) is 4.73. The Kier molecular flexibility index (Phi) is 5.83. The number of para-hydroxylation sites is 1. The van der Waals surface area contributed by atoms with Crippen LogP contribution in [0.2, 0.25) is 0 Å². The molecule has 4 heteroatoms. The number of carbonyl (C=O) groups is 1. The molecule has 0 aliphatic carbocycles. The molecule has 4 nitrogen and oxygen atoms in total. The van der Waals surface area contributed by atoms with Crippen molar-refractivity contribution in [1.29, 1.82) is 0 Å². The molecule has 0 spiro atoms. The van der Waals surface area contributed by atoms with Crippen LogP contribution < -0.4 is 5.32 Å². The van der Waals surface area contributed by atoms with E-state index in [1.165, 1.54) is 0 Å². The largest absolute Gasteiger partial charge is 0.321 e. The second-order valence-corrected chi connectivity index (χ2v) is 7.10. The SMILES string of the molecule is CC(C)CN(CC(C)C)C1CN(C(=O)Nc2ccccc2)C1. The number of hydrogen-bond donors (Lipinski definition) is 1. The molecule has 1 aromatic carbocycles. The maximum atomic E-state index is 12.2. The molecule has 1 aliphatic heterocycles. The molecule has 1 saturated heterocycles. The molecule has 2 rings (SSSR count). The summed E-state index contributed by atoms with van der Waals surface area (Å²) < 4.78 is 0. The standard InChI is InChI=1S/C18H29N3O/c1-14(2)10-20(11-15(3)4)17-12-21(13-17)18(22)19-16-8-6-5-7-9-16/h5-9,14-15,17H,10-13H2,1-4H3,(H,19,22). The number of nitrogens with one attached hydrogen (secondary N) is 1. The van der Waals surface area contributed by atoms with Gasteiger partial charge < -0.3 is 10.2 Å². The smallest absolute Gasteiger partial charge is 0.321 e. The lowest BCUT2D eigenvalue weighted by Crippen LogP contribution is -2.62. The molecule has 1 aliphatic rings. The minimum absolute atomic E-state index is 0.0106. The van der Waals surface area contributed by atoms with E-state index in [1.807, 2.05) is 35.2 Å². The van der Waals surface area contributed by atoms with Gasteiger partial charge in [-0.05, 0) is 24.0 Å². The van der Waals surface area contributed by atoms with Crippen molar-refractivity contribution in [2.45, 2.75) is 33.7 Å². The Morgan fingerprint density at radius 2 is 1.68 bits per heavy atom. The zero-order valence-electron chi connectivity index (χ0n) is 14.2. The predicted octanol–water partition coefficient (Wildman–Crippen LogP) is 3.52. The van der Waals surface area contributed by atoms with Crippen LogP contribution in [0.1, 0.15) is 27.7 Å². The lowest BCUT2D eigenvalue weighted by atomic mass is 10.0. The highest BCUT2D eigenvalue weighted by Gasteiger charge is 2.35. The normalized spacial score (nSPS) is 15.5. The number of amides is 2. The quantitative estimate of drug-likeness (QED) is 0.873. The van der Waals surface area contributed by atoms with Crippen LogP contribution in [0, 0.1) is 11.8 Å². The van der Waals surface area contributed by atoms with Crippen molar-refractivity contribution in [3.63, 3.8) is 0 Å². The molecule has 0 atom stereocenters. The number of nitrogens with zero attached hydrogens (tertiary/aromatic N) is 2. The molecule has 0 bridgehead atoms. The lowest BCUT2D eigenvalue weighted by molar-refractivity contribution is 0.0464. The van der Waals surface area contributed by atoms with Gasteiger partial charge in [-0.1, -0.05) is 45.9 Å². The zero-order chi connectivity index (χ0) is 16.1. The van der Waals surface area contributed by atoms with Crippen molar-refractivity contribution in [1.82, 2.24) is 9.80 Å². The highest BCUT2D eigenvalue weighted by atomic mass is 16.2. The average molecular weight is 303 g/mol. The first-order chi connectivity index (χ1) is 10.5. The van der Waals surface area contributed by atoms with E-state index in [4.69, 9.17) is 0 Å². The topological polar surface area (TPSA) is 35.6 Å². The first-order valence-electron chi connectivity index (χ1n) is 8.30. The molecule has 0 saturated carbocycles. The van der Waals surface area contributed by atoms with Crippen molar-refractivity contribution in [2.24, 2.45) is 11.8 Å². The van der Waals surface area contributed by atoms with Crippen LogP contribution in [0.4, 0.5) is 10.5 Å². The number of rotatable bonds is 6. The number of urea groups is 1. The van der Waals surface area contributed by atoms with E-state index in [0.717, 1.165) is 31.9 Å². The van der Waals surface area contributed by atoms with Gasteiger partial charge in [-0.25, -0.2) is 4.79 Å². The Morgan fingerprint density at radius 3 is 2.18 bits per heavy atom. The molecule has 1 heterocycles. The van der Waals surface area contributed by atoms with Crippen molar-refractivity contribution >= 4 is 11.7 Å². The van der Waals surface area contributed by atoms with Crippen LogP contribution in [0.25, 0.3) is 0 Å². The zero-order valence-corrected chi connectivity index (χ0v) is 14.2. The third-order valence-corrected chi connectivity index (χ3v) is 3.89. The fourth-order valence-corrected chi connectivity index (χ4v) is 2.89. The summed E-state index contributed by atoms with van der Waals surface area (Å²) in [5, 5.41) is 2.95. The summed E-state index contributed by atoms with van der Waals surface area (Å²) in [5.41, 5.74) is 0.858. The van der Waals surface area contributed by atoms with Crippen molar-refractivity contribution in [3.8, 4) is 0 Å². The van der Waals surface area contributed by atoms with Crippen LogP contribution in [0.5, 0.6) is 0 Å². The molecule has 1 aromatic rings. The number of likely N-dealkylation sites (tertiary alicyclic amines) is 1. The van der Waals surface area contributed by atoms with Crippen molar-refractivity contribution in [3.05, 3.63) is 30.3 Å². The van der Waals surface area contributed by atoms with E-state index >= 15 is 0 Å². The Balaban J connectivity index is 1.83. The number of hydrogen-bond acceptors (Lipinski definition) is 2. The molecule has 122 valence electrons. The summed E-state index contributed by atoms with van der Waals surface area (Å²) in [5.74, 6) is 1.32. The molecular formula is C18H29N3O. The second kappa shape index (κ2) is 7.63. The monoisotopic (exact) mass is 303 g/mol. The number of anilines is 1. The van der Waals surface area contributed by atoms with Gasteiger partial charge in [-0.15, -0.1) is 0 Å². The van der Waals surface area contributed by atoms with Gasteiger partial charge in [-0.2, -0.15) is 0 Å². The minimum Gasteiger partial charge on any atom is -0.321 e. The molecule has 0 unspecified atom stereocenters. The first-order valence-corrected chi connectivity index (χ1v) is 8.30. The molecule has 1 N–H and O–H groups in total. The van der Waals surface area contributed by atoms with Gasteiger partial charge in [0.05, 0.1) is 0 Å². The molecular weight excluding hydrogens is 274 g/mol. The summed E-state index contributed by atoms with van der Waals surface area (Å²) >= 11 is 0. The molecule has 0 radical (unpaired) electrons. The van der Waals surface area contributed by atoms with E-state index < -0.39 is 0 Å². The summed E-state index contributed by atoms with van der Waals surface area (Å²) in [7, 11) is 0. The Morgan fingerprint density at radius 1 is 1.14 bits per heavy atom. The van der Waals surface area contributed by atoms with Gasteiger partial charge in [-0.3, -0.25) is 4.90 Å². The number of carbonyl (C=O) groups excluding carboxylic acids is 1. The van der Waals surface area contributed by atoms with Crippen LogP contribution in [0.15, 0.2) is 30.3 Å². The first kappa shape index (κ1) is 16.8. The third-order valence-electron chi connectivity index (χ3n) is 3.89. The highest BCUT2D eigenvalue weighted by molar-refractivity contribution is 5.89. The van der Waals surface area contributed by atoms with Gasteiger partial charge in [0, 0.05) is 37.9 Å². The Hall–Kier alpha value is -1.55. The maximum absolute atomic E-state index is 12.2. The minimum atomic E-state index is 0.0106. The van der Waals surface area contributed by atoms with E-state index in [2.05, 4.69) is 37.9 Å². The fraction of sp³-hybridized carbons (Fsp3) is 0.611. The second-order valence-electron chi connectivity index (χ2n) is 7.10. The van der Waals surface area contributed by atoms with Crippen LogP contribution in [0.3, 0.4) is 0 Å². The summed E-state index contributed by atoms with van der Waals surface area (Å²) in [4.78, 5) is 16.6. The van der Waals surface area contributed by atoms with E-state index in [9.17, 15) is 4.79 Å². The summed E-state index contributed by atoms with van der Waals surface area (Å²) in [6.07, 6.45) is 0. The lowest BCUT2D eigenvalue weighted by Gasteiger charge is -2.46. The molecule has 2 amide bonds. The van der Waals surface area contributed by atoms with Crippen LogP contribution in [-0.4, -0.2) is 48.1 Å². The van der Waals surface area contributed by atoms with Gasteiger partial charge >= 0.3 is 6.03 Å². The maximum Gasteiger partial charge on any atom is 0.321 e. The van der Waals surface area contributed by atoms with Crippen LogP contribution >= 0.6 is 0 Å². The average Bonchev–Trinajstić information content (AvgIpc) is 2.36. The predicted molar refractivity (Wildman–Crippen MR) is 92.1 cm³/mol. The summed E-state index contributed by atoms with van der Waals surface area (Å²) in [6, 6.07) is 10.2. The van der Waals surface area contributed by atoms with Crippen molar-refractivity contribution in [2.75, 3.05) is 31.5 Å². The van der Waals surface area contributed by atoms with E-state index in [-0.39, 0.29) is 6.03 Å². The van der Waals surface area contributed by atoms with Gasteiger partial charge in [0.2, 0.25) is 0 Å². The van der Waals surface area contributed by atoms with E-state index in [0.29, 0.717) is 17.9 Å². The molecule has 0 aromatic heterocycles. The fourth-order valence-electron chi connectivity index (χ4n) is 2.89. The Bertz CT molecular complexity index is 456. The van der Waals surface area contributed by atoms with Crippen molar-refractivity contribution < 1.29 is 4.79 Å². The number of benzene rings is 1.